The van der Waals surface area contributed by atoms with E-state index < -0.39 is 0 Å². The summed E-state index contributed by atoms with van der Waals surface area (Å²) in [7, 11) is 1.85. The highest BCUT2D eigenvalue weighted by Crippen LogP contribution is 2.27. The van der Waals surface area contributed by atoms with Crippen molar-refractivity contribution in [2.75, 3.05) is 19.6 Å². The first-order valence-corrected chi connectivity index (χ1v) is 10.9. The van der Waals surface area contributed by atoms with Gasteiger partial charge in [-0.2, -0.15) is 10.2 Å². The molecule has 0 bridgehead atoms. The quantitative estimate of drug-likeness (QED) is 0.747. The molecule has 3 aliphatic heterocycles. The van der Waals surface area contributed by atoms with E-state index in [1.165, 1.54) is 0 Å². The molecule has 4 rings (SSSR count). The Morgan fingerprint density at radius 1 is 1.29 bits per heavy atom. The van der Waals surface area contributed by atoms with Crippen LogP contribution in [0.3, 0.4) is 0 Å². The number of aryl methyl sites for hydroxylation is 1. The highest BCUT2D eigenvalue weighted by Gasteiger charge is 2.31. The van der Waals surface area contributed by atoms with Crippen molar-refractivity contribution in [3.63, 3.8) is 0 Å². The number of hydrogen-bond donors (Lipinski definition) is 1. The topological polar surface area (TPSA) is 95.3 Å². The van der Waals surface area contributed by atoms with Crippen molar-refractivity contribution in [2.24, 2.45) is 22.9 Å². The second kappa shape index (κ2) is 8.66. The van der Waals surface area contributed by atoms with Crippen LogP contribution in [0.15, 0.2) is 40.0 Å². The van der Waals surface area contributed by atoms with Gasteiger partial charge in [0.15, 0.2) is 5.82 Å². The Hall–Kier alpha value is -2.94. The van der Waals surface area contributed by atoms with Crippen molar-refractivity contribution in [1.29, 1.82) is 0 Å². The monoisotopic (exact) mass is 424 g/mol. The molecule has 1 aromatic heterocycles. The van der Waals surface area contributed by atoms with Crippen molar-refractivity contribution in [3.05, 3.63) is 41.1 Å². The molecular weight excluding hydrogens is 392 g/mol. The summed E-state index contributed by atoms with van der Waals surface area (Å²) in [4.78, 5) is 22.4. The van der Waals surface area contributed by atoms with Crippen LogP contribution < -0.4 is 5.73 Å². The lowest BCUT2D eigenvalue weighted by Crippen LogP contribution is -2.43. The highest BCUT2D eigenvalue weighted by atomic mass is 16.2. The highest BCUT2D eigenvalue weighted by molar-refractivity contribution is 5.99. The fourth-order valence-corrected chi connectivity index (χ4v) is 4.50. The number of carbonyl (C=O) groups excluding carboxylic acids is 1. The van der Waals surface area contributed by atoms with E-state index in [1.807, 2.05) is 32.0 Å². The van der Waals surface area contributed by atoms with Crippen molar-refractivity contribution >= 4 is 18.5 Å². The summed E-state index contributed by atoms with van der Waals surface area (Å²) >= 11 is 0. The summed E-state index contributed by atoms with van der Waals surface area (Å²) in [6, 6.07) is 0.116. The molecule has 2 atom stereocenters. The number of aromatic nitrogens is 2. The van der Waals surface area contributed by atoms with Crippen molar-refractivity contribution in [1.82, 2.24) is 24.6 Å². The number of likely N-dealkylation sites (tertiary alicyclic amines) is 2. The van der Waals surface area contributed by atoms with Gasteiger partial charge >= 0.3 is 0 Å². The molecule has 1 unspecified atom stereocenters. The van der Waals surface area contributed by atoms with Gasteiger partial charge in [-0.1, -0.05) is 0 Å². The van der Waals surface area contributed by atoms with Gasteiger partial charge in [0.2, 0.25) is 0 Å². The van der Waals surface area contributed by atoms with Gasteiger partial charge in [-0.3, -0.25) is 9.48 Å². The molecule has 31 heavy (non-hydrogen) atoms. The predicted molar refractivity (Wildman–Crippen MR) is 121 cm³/mol. The van der Waals surface area contributed by atoms with Crippen LogP contribution in [0.1, 0.15) is 48.7 Å². The molecule has 3 aliphatic rings. The number of amides is 1. The minimum absolute atomic E-state index is 0.0162. The fourth-order valence-electron chi connectivity index (χ4n) is 4.50. The lowest BCUT2D eigenvalue weighted by Gasteiger charge is -2.35. The SMILES string of the molecule is C=NN1C=C(C)C(N2CC[C@H](N)C2)=N/C1=C/C1CCCCN1C(=O)c1cnn(C)c1C. The molecule has 4 heterocycles. The maximum Gasteiger partial charge on any atom is 0.257 e. The van der Waals surface area contributed by atoms with Crippen LogP contribution in [-0.4, -0.2) is 74.8 Å². The Balaban J connectivity index is 1.64. The first-order valence-electron chi connectivity index (χ1n) is 10.9. The second-order valence-electron chi connectivity index (χ2n) is 8.58. The Kier molecular flexibility index (Phi) is 5.95. The standard InChI is InChI=1S/C22H32N8O/c1-15-13-30(24-3)20(26-21(15)28-10-8-17(23)14-28)11-18-7-5-6-9-29(18)22(31)19-12-25-27(4)16(19)2/h11-13,17-18H,3,5-10,14,23H2,1-2,4H3/b20-11-/t17-,18?/m0/s1. The summed E-state index contributed by atoms with van der Waals surface area (Å²) in [6.45, 7) is 10.1. The van der Waals surface area contributed by atoms with E-state index in [-0.39, 0.29) is 18.0 Å². The Bertz CT molecular complexity index is 959. The molecule has 2 fully saturated rings. The maximum atomic E-state index is 13.3. The third kappa shape index (κ3) is 4.14. The van der Waals surface area contributed by atoms with Crippen LogP contribution in [0, 0.1) is 6.92 Å². The summed E-state index contributed by atoms with van der Waals surface area (Å²) in [5.74, 6) is 1.64. The fraction of sp³-hybridized carbons (Fsp3) is 0.545. The molecule has 0 saturated carbocycles. The third-order valence-corrected chi connectivity index (χ3v) is 6.42. The molecule has 0 aliphatic carbocycles. The van der Waals surface area contributed by atoms with E-state index in [4.69, 9.17) is 10.7 Å². The maximum absolute atomic E-state index is 13.3. The molecule has 2 saturated heterocycles. The van der Waals surface area contributed by atoms with Crippen LogP contribution in [0.2, 0.25) is 0 Å². The average molecular weight is 425 g/mol. The molecule has 0 spiro atoms. The molecule has 9 heteroatoms. The van der Waals surface area contributed by atoms with Gasteiger partial charge in [-0.25, -0.2) is 10.0 Å². The average Bonchev–Trinajstić information content (AvgIpc) is 3.34. The van der Waals surface area contributed by atoms with E-state index in [0.717, 1.165) is 62.4 Å². The van der Waals surface area contributed by atoms with E-state index in [2.05, 4.69) is 27.9 Å². The van der Waals surface area contributed by atoms with E-state index in [0.29, 0.717) is 11.4 Å². The van der Waals surface area contributed by atoms with E-state index >= 15 is 0 Å². The molecule has 9 nitrogen and oxygen atoms in total. The summed E-state index contributed by atoms with van der Waals surface area (Å²) in [6.07, 6.45) is 9.58. The van der Waals surface area contributed by atoms with Gasteiger partial charge in [-0.05, 0) is 45.6 Å². The number of carbonyl (C=O) groups is 1. The van der Waals surface area contributed by atoms with Gasteiger partial charge in [0, 0.05) is 56.9 Å². The number of piperidine rings is 1. The predicted octanol–water partition coefficient (Wildman–Crippen LogP) is 1.83. The van der Waals surface area contributed by atoms with E-state index in [1.54, 1.807) is 15.9 Å². The summed E-state index contributed by atoms with van der Waals surface area (Å²) < 4.78 is 1.74. The molecule has 2 N–H and O–H groups in total. The van der Waals surface area contributed by atoms with Crippen LogP contribution in [0.25, 0.3) is 0 Å². The summed E-state index contributed by atoms with van der Waals surface area (Å²) in [5.41, 5.74) is 8.67. The van der Waals surface area contributed by atoms with Crippen molar-refractivity contribution in [2.45, 2.75) is 51.6 Å². The number of hydrogen-bond acceptors (Lipinski definition) is 7. The number of amidine groups is 1. The first-order chi connectivity index (χ1) is 14.9. The zero-order valence-corrected chi connectivity index (χ0v) is 18.7. The van der Waals surface area contributed by atoms with Crippen LogP contribution in [-0.2, 0) is 7.05 Å². The molecule has 166 valence electrons. The van der Waals surface area contributed by atoms with Crippen LogP contribution >= 0.6 is 0 Å². The normalized spacial score (nSPS) is 25.7. The number of nitrogens with two attached hydrogens (primary N) is 1. The molecule has 1 aromatic rings. The zero-order chi connectivity index (χ0) is 22.1. The Labute approximate surface area is 183 Å². The van der Waals surface area contributed by atoms with Gasteiger partial charge in [0.1, 0.15) is 5.84 Å². The minimum Gasteiger partial charge on any atom is -0.355 e. The first kappa shape index (κ1) is 21.3. The molecular formula is C22H32N8O. The molecule has 1 amide bonds. The van der Waals surface area contributed by atoms with Gasteiger partial charge in [0.25, 0.3) is 5.91 Å². The summed E-state index contributed by atoms with van der Waals surface area (Å²) in [5, 5.41) is 10.1. The van der Waals surface area contributed by atoms with Crippen LogP contribution in [0.4, 0.5) is 0 Å². The third-order valence-electron chi connectivity index (χ3n) is 6.42. The zero-order valence-electron chi connectivity index (χ0n) is 18.7. The Morgan fingerprint density at radius 2 is 2.10 bits per heavy atom. The van der Waals surface area contributed by atoms with Gasteiger partial charge < -0.3 is 15.5 Å². The number of nitrogens with zero attached hydrogens (tertiary/aromatic N) is 7. The van der Waals surface area contributed by atoms with E-state index in [9.17, 15) is 4.79 Å². The largest absolute Gasteiger partial charge is 0.355 e. The molecule has 0 radical (unpaired) electrons. The van der Waals surface area contributed by atoms with Crippen molar-refractivity contribution < 1.29 is 4.79 Å². The number of aliphatic imine (C=N–C) groups is 1. The van der Waals surface area contributed by atoms with Gasteiger partial charge in [-0.15, -0.1) is 0 Å². The van der Waals surface area contributed by atoms with Gasteiger partial charge in [0.05, 0.1) is 17.8 Å². The molecule has 0 aromatic carbocycles. The minimum atomic E-state index is -0.0576. The van der Waals surface area contributed by atoms with Crippen molar-refractivity contribution in [3.8, 4) is 0 Å². The van der Waals surface area contributed by atoms with Crippen LogP contribution in [0.5, 0.6) is 0 Å². The Morgan fingerprint density at radius 3 is 2.74 bits per heavy atom. The second-order valence-corrected chi connectivity index (χ2v) is 8.58. The number of rotatable bonds is 3. The number of hydrazone groups is 1. The lowest BCUT2D eigenvalue weighted by molar-refractivity contribution is 0.0661. The lowest BCUT2D eigenvalue weighted by atomic mass is 10.00. The smallest absolute Gasteiger partial charge is 0.257 e.